The second-order valence-corrected chi connectivity index (χ2v) is 13.1. The van der Waals surface area contributed by atoms with Crippen molar-refractivity contribution in [1.82, 2.24) is 0 Å². The van der Waals surface area contributed by atoms with Crippen LogP contribution in [0.2, 0.25) is 4.34 Å². The van der Waals surface area contributed by atoms with Crippen LogP contribution in [0.4, 0.5) is 24.5 Å². The minimum absolute atomic E-state index is 0.0659. The molecular weight excluding hydrogens is 581 g/mol. The second-order valence-electron chi connectivity index (χ2n) is 7.06. The predicted octanol–water partition coefficient (Wildman–Crippen LogP) is 6.63. The Bertz CT molecular complexity index is 1590. The van der Waals surface area contributed by atoms with Gasteiger partial charge in [-0.25, -0.2) is 16.8 Å². The number of benzene rings is 2. The van der Waals surface area contributed by atoms with Crippen molar-refractivity contribution in [3.8, 4) is 16.9 Å². The Balaban J connectivity index is 1.68. The molecule has 0 fully saturated rings. The number of thiophene rings is 2. The van der Waals surface area contributed by atoms with Gasteiger partial charge in [0.2, 0.25) is 0 Å². The van der Waals surface area contributed by atoms with Crippen molar-refractivity contribution in [2.24, 2.45) is 0 Å². The first-order chi connectivity index (χ1) is 16.8. The molecule has 0 spiro atoms. The van der Waals surface area contributed by atoms with E-state index in [1.165, 1.54) is 35.6 Å². The maximum Gasteiger partial charge on any atom is 0.573 e. The fourth-order valence-electron chi connectivity index (χ4n) is 2.99. The molecule has 2 N–H and O–H groups in total. The van der Waals surface area contributed by atoms with Crippen molar-refractivity contribution in [3.05, 3.63) is 75.8 Å². The van der Waals surface area contributed by atoms with Crippen LogP contribution >= 0.6 is 34.3 Å². The standard InChI is InChI=1S/C21H14ClF3N2O5S4/c22-19-7-8-20(34-19)36(30,31)27-18-11-13(14-9-10-33-12-14)1-6-17(18)26-35(28,29)16-4-2-15(3-5-16)32-21(23,24)25/h1-12,26-27H. The maximum atomic E-state index is 12.9. The van der Waals surface area contributed by atoms with Crippen molar-refractivity contribution in [3.63, 3.8) is 0 Å². The van der Waals surface area contributed by atoms with Crippen LogP contribution in [0.25, 0.3) is 11.1 Å². The molecule has 36 heavy (non-hydrogen) atoms. The van der Waals surface area contributed by atoms with Gasteiger partial charge in [-0.3, -0.25) is 9.44 Å². The first-order valence-corrected chi connectivity index (χ1v) is 14.8. The molecule has 2 aromatic heterocycles. The summed E-state index contributed by atoms with van der Waals surface area (Å²) in [4.78, 5) is -0.363. The Morgan fingerprint density at radius 1 is 0.806 bits per heavy atom. The van der Waals surface area contributed by atoms with E-state index < -0.39 is 32.2 Å². The fourth-order valence-corrected chi connectivity index (χ4v) is 7.29. The largest absolute Gasteiger partial charge is 0.573 e. The summed E-state index contributed by atoms with van der Waals surface area (Å²) in [6, 6.07) is 12.5. The highest BCUT2D eigenvalue weighted by molar-refractivity contribution is 7.94. The summed E-state index contributed by atoms with van der Waals surface area (Å²) < 4.78 is 97.5. The number of nitrogens with one attached hydrogen (secondary N) is 2. The second kappa shape index (κ2) is 9.94. The minimum Gasteiger partial charge on any atom is -0.406 e. The van der Waals surface area contributed by atoms with Crippen molar-refractivity contribution < 1.29 is 34.7 Å². The number of hydrogen-bond donors (Lipinski definition) is 2. The zero-order chi connectivity index (χ0) is 26.1. The summed E-state index contributed by atoms with van der Waals surface area (Å²) in [6.45, 7) is 0. The quantitative estimate of drug-likeness (QED) is 0.238. The van der Waals surface area contributed by atoms with E-state index in [1.54, 1.807) is 6.07 Å². The molecule has 4 rings (SSSR count). The van der Waals surface area contributed by atoms with Gasteiger partial charge in [-0.2, -0.15) is 11.3 Å². The lowest BCUT2D eigenvalue weighted by Gasteiger charge is -2.16. The third-order valence-electron chi connectivity index (χ3n) is 4.54. The number of sulfonamides is 2. The van der Waals surface area contributed by atoms with E-state index >= 15 is 0 Å². The molecule has 0 atom stereocenters. The van der Waals surface area contributed by atoms with Crippen LogP contribution < -0.4 is 14.2 Å². The van der Waals surface area contributed by atoms with Gasteiger partial charge in [0.15, 0.2) is 0 Å². The maximum absolute atomic E-state index is 12.9. The predicted molar refractivity (Wildman–Crippen MR) is 134 cm³/mol. The Hall–Kier alpha value is -2.78. The number of ether oxygens (including phenoxy) is 1. The van der Waals surface area contributed by atoms with Gasteiger partial charge in [0.05, 0.1) is 20.6 Å². The fraction of sp³-hybridized carbons (Fsp3) is 0.0476. The molecule has 0 saturated heterocycles. The van der Waals surface area contributed by atoms with Gasteiger partial charge in [0.25, 0.3) is 20.0 Å². The molecule has 0 unspecified atom stereocenters. The van der Waals surface area contributed by atoms with E-state index in [1.807, 2.05) is 16.8 Å². The summed E-state index contributed by atoms with van der Waals surface area (Å²) in [7, 11) is -8.43. The highest BCUT2D eigenvalue weighted by atomic mass is 35.5. The Morgan fingerprint density at radius 2 is 1.50 bits per heavy atom. The third-order valence-corrected chi connectivity index (χ3v) is 9.70. The van der Waals surface area contributed by atoms with Crippen LogP contribution in [0, 0.1) is 0 Å². The lowest BCUT2D eigenvalue weighted by Crippen LogP contribution is -2.18. The third kappa shape index (κ3) is 6.31. The first-order valence-electron chi connectivity index (χ1n) is 9.66. The van der Waals surface area contributed by atoms with E-state index in [2.05, 4.69) is 14.2 Å². The highest BCUT2D eigenvalue weighted by Crippen LogP contribution is 2.35. The number of halogens is 4. The SMILES string of the molecule is O=S(=O)(Nc1ccc(-c2ccsc2)cc1NS(=O)(=O)c1ccc(Cl)s1)c1ccc(OC(F)(F)F)cc1. The molecule has 2 heterocycles. The molecule has 0 bridgehead atoms. The van der Waals surface area contributed by atoms with E-state index in [0.717, 1.165) is 41.2 Å². The summed E-state index contributed by atoms with van der Waals surface area (Å²) in [5.41, 5.74) is 1.24. The monoisotopic (exact) mass is 594 g/mol. The topological polar surface area (TPSA) is 102 Å². The molecule has 4 aromatic rings. The van der Waals surface area contributed by atoms with Gasteiger partial charge in [-0.15, -0.1) is 24.5 Å². The van der Waals surface area contributed by atoms with Crippen LogP contribution in [0.15, 0.2) is 80.5 Å². The molecule has 0 aliphatic heterocycles. The van der Waals surface area contributed by atoms with Gasteiger partial charge >= 0.3 is 6.36 Å². The number of alkyl halides is 3. The highest BCUT2D eigenvalue weighted by Gasteiger charge is 2.31. The van der Waals surface area contributed by atoms with E-state index in [4.69, 9.17) is 11.6 Å². The van der Waals surface area contributed by atoms with Gasteiger partial charge in [-0.05, 0) is 76.5 Å². The molecule has 0 aliphatic rings. The van der Waals surface area contributed by atoms with Gasteiger partial charge in [0.1, 0.15) is 9.96 Å². The lowest BCUT2D eigenvalue weighted by atomic mass is 10.1. The van der Waals surface area contributed by atoms with Crippen LogP contribution in [0.3, 0.4) is 0 Å². The number of anilines is 2. The first kappa shape index (κ1) is 26.3. The van der Waals surface area contributed by atoms with Crippen molar-refractivity contribution in [2.75, 3.05) is 9.44 Å². The molecule has 0 saturated carbocycles. The molecule has 15 heteroatoms. The molecule has 0 radical (unpaired) electrons. The van der Waals surface area contributed by atoms with Gasteiger partial charge < -0.3 is 4.74 Å². The normalized spacial score (nSPS) is 12.3. The molecule has 0 amide bonds. The van der Waals surface area contributed by atoms with Crippen LogP contribution in [0.1, 0.15) is 0 Å². The van der Waals surface area contributed by atoms with Gasteiger partial charge in [-0.1, -0.05) is 17.7 Å². The van der Waals surface area contributed by atoms with E-state index in [0.29, 0.717) is 5.56 Å². The summed E-state index contributed by atoms with van der Waals surface area (Å²) in [5.74, 6) is -0.593. The average molecular weight is 595 g/mol. The van der Waals surface area contributed by atoms with Gasteiger partial charge in [0, 0.05) is 0 Å². The van der Waals surface area contributed by atoms with Crippen molar-refractivity contribution in [2.45, 2.75) is 15.5 Å². The van der Waals surface area contributed by atoms with Crippen molar-refractivity contribution >= 4 is 65.7 Å². The van der Waals surface area contributed by atoms with Crippen LogP contribution in [-0.2, 0) is 20.0 Å². The smallest absolute Gasteiger partial charge is 0.406 e. The van der Waals surface area contributed by atoms with Crippen molar-refractivity contribution in [1.29, 1.82) is 0 Å². The molecular formula is C21H14ClF3N2O5S4. The van der Waals surface area contributed by atoms with E-state index in [-0.39, 0.29) is 24.8 Å². The average Bonchev–Trinajstić information content (AvgIpc) is 3.46. The summed E-state index contributed by atoms with van der Waals surface area (Å²) in [5, 5.41) is 3.66. The summed E-state index contributed by atoms with van der Waals surface area (Å²) >= 11 is 8.11. The molecule has 190 valence electrons. The Labute approximate surface area is 217 Å². The summed E-state index contributed by atoms with van der Waals surface area (Å²) in [6.07, 6.45) is -4.93. The number of rotatable bonds is 8. The zero-order valence-electron chi connectivity index (χ0n) is 17.6. The molecule has 0 aliphatic carbocycles. The number of hydrogen-bond acceptors (Lipinski definition) is 7. The lowest BCUT2D eigenvalue weighted by molar-refractivity contribution is -0.274. The molecule has 2 aromatic carbocycles. The van der Waals surface area contributed by atoms with E-state index in [9.17, 15) is 30.0 Å². The van der Waals surface area contributed by atoms with Crippen LogP contribution in [-0.4, -0.2) is 23.2 Å². The van der Waals surface area contributed by atoms with Crippen LogP contribution in [0.5, 0.6) is 5.75 Å². The Kier molecular flexibility index (Phi) is 7.26. The zero-order valence-corrected chi connectivity index (χ0v) is 21.6. The Morgan fingerprint density at radius 3 is 2.08 bits per heavy atom. The minimum atomic E-state index is -4.93. The molecule has 7 nitrogen and oxygen atoms in total.